The normalized spacial score (nSPS) is 49.2. The lowest BCUT2D eigenvalue weighted by atomic mass is 9.95. The molecular weight excluding hydrogens is 1020 g/mol. The van der Waals surface area contributed by atoms with Gasteiger partial charge >= 0.3 is 0 Å². The van der Waals surface area contributed by atoms with Crippen LogP contribution in [0.15, 0.2) is 0 Å². The molecule has 0 aromatic carbocycles. The molecule has 434 valence electrons. The van der Waals surface area contributed by atoms with E-state index < -0.39 is 249 Å². The van der Waals surface area contributed by atoms with E-state index in [1.165, 1.54) is 0 Å². The van der Waals surface area contributed by atoms with Crippen molar-refractivity contribution in [3.05, 3.63) is 0 Å². The van der Waals surface area contributed by atoms with Crippen LogP contribution in [-0.4, -0.2) is 362 Å². The highest BCUT2D eigenvalue weighted by atomic mass is 16.8. The van der Waals surface area contributed by atoms with Crippen molar-refractivity contribution in [2.45, 2.75) is 196 Å². The molecule has 0 saturated carbocycles. The first-order chi connectivity index (χ1) is 35.0. The fourth-order valence-corrected chi connectivity index (χ4v) is 8.83. The maximum atomic E-state index is 11.6. The summed E-state index contributed by atoms with van der Waals surface area (Å²) in [6.45, 7) is -6.87. The average molecular weight is 1090 g/mol. The standard InChI is InChI=1S/C40H70O34/c41-1-9(45)19(51)31(10(46)2-42)71-38-28(60)22(54)32(13(3-43)67-38)72-39-29(61)23(55)33(14(4-44)68-39)73-40-30(62)24(56)34(16(70-40)8-66-36-26(58)18(50)12(48)6-64-36)74-37-27(59)21(53)20(52)15(69-37)7-65-35-25(57)17(49)11(47)5-63-35/h9-62H,1-8H2/t9-,10+,11+,12+,13+,14+,15+,16+,17-,18-,19+,20+,21-,22+,23+,24+,25+,26+,27+,28+,29+,30+,31+,32+,33+,34+,35+,36+,37-,38-,39-,40-/m0/s1. The highest BCUT2D eigenvalue weighted by molar-refractivity contribution is 4.99. The zero-order chi connectivity index (χ0) is 54.6. The van der Waals surface area contributed by atoms with Gasteiger partial charge in [0.2, 0.25) is 0 Å². The van der Waals surface area contributed by atoms with Gasteiger partial charge in [0, 0.05) is 0 Å². The first-order valence-corrected chi connectivity index (χ1v) is 23.4. The Balaban J connectivity index is 1.16. The maximum Gasteiger partial charge on any atom is 0.187 e. The van der Waals surface area contributed by atoms with Gasteiger partial charge in [-0.1, -0.05) is 0 Å². The average Bonchev–Trinajstić information content (AvgIpc) is 3.39. The van der Waals surface area contributed by atoms with Crippen molar-refractivity contribution >= 4 is 0 Å². The molecule has 0 aromatic rings. The third-order valence-corrected chi connectivity index (χ3v) is 13.4. The van der Waals surface area contributed by atoms with E-state index in [9.17, 15) is 112 Å². The summed E-state index contributed by atoms with van der Waals surface area (Å²) in [5, 5.41) is 231. The minimum absolute atomic E-state index is 0.472. The highest BCUT2D eigenvalue weighted by Crippen LogP contribution is 2.36. The lowest BCUT2D eigenvalue weighted by Crippen LogP contribution is -2.68. The molecule has 34 nitrogen and oxygen atoms in total. The van der Waals surface area contributed by atoms with E-state index in [2.05, 4.69) is 0 Å². The molecule has 0 radical (unpaired) electrons. The van der Waals surface area contributed by atoms with Crippen LogP contribution in [0.5, 0.6) is 0 Å². The zero-order valence-corrected chi connectivity index (χ0v) is 38.9. The summed E-state index contributed by atoms with van der Waals surface area (Å²) in [5.74, 6) is 0. The zero-order valence-electron chi connectivity index (χ0n) is 38.9. The molecular formula is C40H70O34. The van der Waals surface area contributed by atoms with Gasteiger partial charge in [-0.2, -0.15) is 0 Å². The Kier molecular flexibility index (Phi) is 22.7. The van der Waals surface area contributed by atoms with Gasteiger partial charge in [-0.3, -0.25) is 0 Å². The van der Waals surface area contributed by atoms with Crippen molar-refractivity contribution in [1.82, 2.24) is 0 Å². The van der Waals surface area contributed by atoms with Crippen LogP contribution in [0.4, 0.5) is 0 Å². The number of rotatable bonds is 21. The molecule has 34 heteroatoms. The third kappa shape index (κ3) is 13.6. The van der Waals surface area contributed by atoms with Gasteiger partial charge in [0.25, 0.3) is 0 Å². The number of ether oxygens (including phenoxy) is 12. The van der Waals surface area contributed by atoms with Crippen molar-refractivity contribution in [2.24, 2.45) is 0 Å². The van der Waals surface area contributed by atoms with Crippen LogP contribution in [0.1, 0.15) is 0 Å². The molecule has 22 N–H and O–H groups in total. The van der Waals surface area contributed by atoms with E-state index in [-0.39, 0.29) is 0 Å². The van der Waals surface area contributed by atoms with E-state index in [0.29, 0.717) is 0 Å². The predicted octanol–water partition coefficient (Wildman–Crippen LogP) is -15.4. The minimum atomic E-state index is -2.27. The number of hydrogen-bond donors (Lipinski definition) is 22. The van der Waals surface area contributed by atoms with Crippen molar-refractivity contribution in [3.8, 4) is 0 Å². The summed E-state index contributed by atoms with van der Waals surface area (Å²) in [4.78, 5) is 0. The smallest absolute Gasteiger partial charge is 0.187 e. The second kappa shape index (κ2) is 27.2. The first kappa shape index (κ1) is 61.8. The van der Waals surface area contributed by atoms with Crippen molar-refractivity contribution in [2.75, 3.05) is 52.9 Å². The summed E-state index contributed by atoms with van der Waals surface area (Å²) in [6.07, 6.45) is -61.9. The Bertz CT molecular complexity index is 1660. The van der Waals surface area contributed by atoms with Gasteiger partial charge in [-0.15, -0.1) is 0 Å². The second-order valence-corrected chi connectivity index (χ2v) is 18.5. The lowest BCUT2D eigenvalue weighted by molar-refractivity contribution is -0.393. The van der Waals surface area contributed by atoms with Crippen LogP contribution in [0, 0.1) is 0 Å². The summed E-state index contributed by atoms with van der Waals surface area (Å²) < 4.78 is 66.7. The van der Waals surface area contributed by atoms with Gasteiger partial charge in [-0.25, -0.2) is 0 Å². The van der Waals surface area contributed by atoms with E-state index >= 15 is 0 Å². The summed E-state index contributed by atoms with van der Waals surface area (Å²) in [6, 6.07) is 0. The van der Waals surface area contributed by atoms with Crippen LogP contribution in [-0.2, 0) is 56.8 Å². The van der Waals surface area contributed by atoms with Crippen LogP contribution in [0.3, 0.4) is 0 Å². The molecule has 32 atom stereocenters. The monoisotopic (exact) mass is 1090 g/mol. The molecule has 0 aliphatic carbocycles. The Morgan fingerprint density at radius 3 is 1.15 bits per heavy atom. The number of aliphatic hydroxyl groups excluding tert-OH is 22. The summed E-state index contributed by atoms with van der Waals surface area (Å²) in [5.41, 5.74) is 0. The molecule has 0 amide bonds. The van der Waals surface area contributed by atoms with Crippen LogP contribution < -0.4 is 0 Å². The largest absolute Gasteiger partial charge is 0.394 e. The van der Waals surface area contributed by atoms with Crippen molar-refractivity contribution < 1.29 is 169 Å². The van der Waals surface area contributed by atoms with E-state index in [4.69, 9.17) is 56.8 Å². The fraction of sp³-hybridized carbons (Fsp3) is 1.00. The molecule has 0 spiro atoms. The minimum Gasteiger partial charge on any atom is -0.394 e. The van der Waals surface area contributed by atoms with Crippen LogP contribution in [0.2, 0.25) is 0 Å². The molecule has 0 aromatic heterocycles. The van der Waals surface area contributed by atoms with Crippen molar-refractivity contribution in [1.29, 1.82) is 0 Å². The quantitative estimate of drug-likeness (QED) is 0.0507. The SMILES string of the molecule is OC[C@@H](O)[C@@H](O[C@@H]1O[C@H](CO)[C@@H](O[C@@H]2O[C@H](CO)[C@@H](O[C@@H]3O[C@H](CO[C@H]4OC[C@@H](O)[C@H](O)[C@H]4O)[C@@H](O[C@@H]4O[C@H](CO[C@H]5OC[C@@H](O)[C@H](O)[C@H]5O)[C@@H](O)[C@H](O)[C@H]4O)[C@H](O)[C@H]3O)[C@H](O)[C@H]2O)[C@H](O)[C@H]1O)[C@H](O)[C@@H](O)CO. The first-order valence-electron chi connectivity index (χ1n) is 23.4. The van der Waals surface area contributed by atoms with Gasteiger partial charge in [0.15, 0.2) is 37.7 Å². The van der Waals surface area contributed by atoms with Gasteiger partial charge in [0.1, 0.15) is 159 Å². The second-order valence-electron chi connectivity index (χ2n) is 18.5. The van der Waals surface area contributed by atoms with E-state index in [0.717, 1.165) is 0 Å². The molecule has 6 rings (SSSR count). The maximum absolute atomic E-state index is 11.6. The Morgan fingerprint density at radius 1 is 0.365 bits per heavy atom. The lowest BCUT2D eigenvalue weighted by Gasteiger charge is -2.49. The molecule has 6 heterocycles. The molecule has 6 fully saturated rings. The fourth-order valence-electron chi connectivity index (χ4n) is 8.83. The summed E-state index contributed by atoms with van der Waals surface area (Å²) >= 11 is 0. The topological polar surface area (TPSA) is 556 Å². The molecule has 6 saturated heterocycles. The Morgan fingerprint density at radius 2 is 0.716 bits per heavy atom. The van der Waals surface area contributed by atoms with Crippen LogP contribution in [0.25, 0.3) is 0 Å². The molecule has 74 heavy (non-hydrogen) atoms. The van der Waals surface area contributed by atoms with E-state index in [1.54, 1.807) is 0 Å². The Labute approximate surface area is 418 Å². The molecule has 6 aliphatic heterocycles. The predicted molar refractivity (Wildman–Crippen MR) is 222 cm³/mol. The number of hydrogen-bond acceptors (Lipinski definition) is 34. The third-order valence-electron chi connectivity index (χ3n) is 13.4. The van der Waals surface area contributed by atoms with Gasteiger partial charge < -0.3 is 169 Å². The van der Waals surface area contributed by atoms with Gasteiger partial charge in [0.05, 0.1) is 52.9 Å². The number of aliphatic hydroxyl groups is 22. The van der Waals surface area contributed by atoms with Crippen LogP contribution >= 0.6 is 0 Å². The van der Waals surface area contributed by atoms with Crippen molar-refractivity contribution in [3.63, 3.8) is 0 Å². The van der Waals surface area contributed by atoms with Gasteiger partial charge in [-0.05, 0) is 0 Å². The molecule has 6 aliphatic rings. The molecule has 0 bridgehead atoms. The summed E-state index contributed by atoms with van der Waals surface area (Å²) in [7, 11) is 0. The Hall–Kier alpha value is -1.36. The highest BCUT2D eigenvalue weighted by Gasteiger charge is 2.56. The van der Waals surface area contributed by atoms with E-state index in [1.807, 2.05) is 0 Å². The molecule has 0 unspecified atom stereocenters.